The van der Waals surface area contributed by atoms with Crippen LogP contribution in [0.4, 0.5) is 14.6 Å². The predicted octanol–water partition coefficient (Wildman–Crippen LogP) is 2.21. The number of nitrogen functional groups attached to an aromatic ring is 1. The number of nitrogens with two attached hydrogens (primary N) is 1. The third-order valence-electron chi connectivity index (χ3n) is 2.28. The number of nitrogens with zero attached hydrogens (tertiary/aromatic N) is 1. The highest BCUT2D eigenvalue weighted by molar-refractivity contribution is 9.08. The summed E-state index contributed by atoms with van der Waals surface area (Å²) in [6.45, 7) is 0. The van der Waals surface area contributed by atoms with Crippen molar-refractivity contribution in [1.82, 2.24) is 4.98 Å². The lowest BCUT2D eigenvalue weighted by molar-refractivity contribution is -0.139. The zero-order chi connectivity index (χ0) is 13.0. The van der Waals surface area contributed by atoms with E-state index in [0.29, 0.717) is 5.56 Å². The molecule has 0 atom stereocenters. The first-order valence-electron chi connectivity index (χ1n) is 4.68. The summed E-state index contributed by atoms with van der Waals surface area (Å²) in [5.74, 6) is -0.468. The molecule has 0 aliphatic rings. The molecule has 17 heavy (non-hydrogen) atoms. The van der Waals surface area contributed by atoms with E-state index in [0.717, 1.165) is 6.20 Å². The normalized spacial score (nSPS) is 10.6. The molecule has 0 amide bonds. The summed E-state index contributed by atoms with van der Waals surface area (Å²) >= 11 is 3.14. The molecule has 0 saturated carbocycles. The van der Waals surface area contributed by atoms with Crippen LogP contribution in [0.3, 0.4) is 0 Å². The Balaban J connectivity index is 3.28. The maximum Gasteiger partial charge on any atom is 0.310 e. The highest BCUT2D eigenvalue weighted by Gasteiger charge is 2.21. The minimum atomic E-state index is -2.71. The third kappa shape index (κ3) is 3.12. The standard InChI is InChI=1S/C10H11BrF2N2O2/c1-17-8(16)2-5-6(3-11)10(14)15-4-7(5)9(12)13/h4,9H,2-3H2,1H3,(H2,14,15). The lowest BCUT2D eigenvalue weighted by Crippen LogP contribution is -2.12. The second-order valence-electron chi connectivity index (χ2n) is 3.24. The number of aromatic nitrogens is 1. The van der Waals surface area contributed by atoms with Crippen molar-refractivity contribution >= 4 is 27.7 Å². The molecule has 1 aromatic rings. The topological polar surface area (TPSA) is 65.2 Å². The van der Waals surface area contributed by atoms with Gasteiger partial charge in [-0.05, 0) is 5.56 Å². The van der Waals surface area contributed by atoms with Gasteiger partial charge in [-0.1, -0.05) is 15.9 Å². The van der Waals surface area contributed by atoms with Crippen molar-refractivity contribution in [2.45, 2.75) is 18.2 Å². The molecule has 0 bridgehead atoms. The molecule has 1 aromatic heterocycles. The smallest absolute Gasteiger partial charge is 0.310 e. The molecule has 0 fully saturated rings. The Labute approximate surface area is 105 Å². The van der Waals surface area contributed by atoms with Gasteiger partial charge in [-0.2, -0.15) is 0 Å². The van der Waals surface area contributed by atoms with E-state index >= 15 is 0 Å². The number of hydrogen-bond acceptors (Lipinski definition) is 4. The Morgan fingerprint density at radius 2 is 2.24 bits per heavy atom. The maximum absolute atomic E-state index is 12.8. The number of anilines is 1. The van der Waals surface area contributed by atoms with Crippen LogP contribution in [-0.4, -0.2) is 18.1 Å². The first-order valence-corrected chi connectivity index (χ1v) is 5.80. The van der Waals surface area contributed by atoms with Gasteiger partial charge >= 0.3 is 5.97 Å². The summed E-state index contributed by atoms with van der Waals surface area (Å²) in [6, 6.07) is 0. The molecular weight excluding hydrogens is 298 g/mol. The van der Waals surface area contributed by atoms with Crippen LogP contribution in [0.5, 0.6) is 0 Å². The molecule has 0 unspecified atom stereocenters. The van der Waals surface area contributed by atoms with E-state index in [1.54, 1.807) is 0 Å². The van der Waals surface area contributed by atoms with Crippen LogP contribution < -0.4 is 5.73 Å². The average Bonchev–Trinajstić information content (AvgIpc) is 2.28. The zero-order valence-corrected chi connectivity index (χ0v) is 10.6. The maximum atomic E-state index is 12.8. The number of rotatable bonds is 4. The Morgan fingerprint density at radius 3 is 2.71 bits per heavy atom. The van der Waals surface area contributed by atoms with E-state index in [4.69, 9.17) is 5.73 Å². The van der Waals surface area contributed by atoms with E-state index in [1.807, 2.05) is 0 Å². The van der Waals surface area contributed by atoms with Crippen molar-refractivity contribution in [2.24, 2.45) is 0 Å². The van der Waals surface area contributed by atoms with E-state index < -0.39 is 12.4 Å². The van der Waals surface area contributed by atoms with Crippen molar-refractivity contribution in [2.75, 3.05) is 12.8 Å². The average molecular weight is 309 g/mol. The zero-order valence-electron chi connectivity index (χ0n) is 9.04. The van der Waals surface area contributed by atoms with Crippen molar-refractivity contribution in [1.29, 1.82) is 0 Å². The second kappa shape index (κ2) is 5.90. The molecule has 94 valence electrons. The van der Waals surface area contributed by atoms with E-state index in [-0.39, 0.29) is 28.7 Å². The summed E-state index contributed by atoms with van der Waals surface area (Å²) in [4.78, 5) is 14.9. The number of hydrogen-bond donors (Lipinski definition) is 1. The quantitative estimate of drug-likeness (QED) is 0.684. The molecule has 0 radical (unpaired) electrons. The summed E-state index contributed by atoms with van der Waals surface area (Å²) in [5.41, 5.74) is 5.86. The Hall–Kier alpha value is -1.24. The van der Waals surface area contributed by atoms with Gasteiger partial charge in [0.25, 0.3) is 6.43 Å². The molecule has 0 aliphatic heterocycles. The number of carbonyl (C=O) groups is 1. The van der Waals surface area contributed by atoms with Gasteiger partial charge in [-0.3, -0.25) is 4.79 Å². The Kier molecular flexibility index (Phi) is 4.80. The Morgan fingerprint density at radius 1 is 1.59 bits per heavy atom. The fourth-order valence-electron chi connectivity index (χ4n) is 1.39. The molecule has 4 nitrogen and oxygen atoms in total. The highest BCUT2D eigenvalue weighted by atomic mass is 79.9. The summed E-state index contributed by atoms with van der Waals surface area (Å²) < 4.78 is 30.0. The van der Waals surface area contributed by atoms with Gasteiger partial charge in [0.15, 0.2) is 0 Å². The molecule has 0 spiro atoms. The van der Waals surface area contributed by atoms with Crippen molar-refractivity contribution in [3.05, 3.63) is 22.9 Å². The van der Waals surface area contributed by atoms with Gasteiger partial charge in [0, 0.05) is 22.7 Å². The minimum absolute atomic E-state index is 0.130. The lowest BCUT2D eigenvalue weighted by Gasteiger charge is -2.13. The lowest BCUT2D eigenvalue weighted by atomic mass is 10.0. The number of halogens is 3. The van der Waals surface area contributed by atoms with E-state index in [1.165, 1.54) is 7.11 Å². The van der Waals surface area contributed by atoms with Gasteiger partial charge in [0.05, 0.1) is 13.5 Å². The van der Waals surface area contributed by atoms with Crippen molar-refractivity contribution in [3.63, 3.8) is 0 Å². The van der Waals surface area contributed by atoms with Crippen LogP contribution in [0, 0.1) is 0 Å². The number of methoxy groups -OCH3 is 1. The molecule has 7 heteroatoms. The molecule has 0 aliphatic carbocycles. The molecule has 0 saturated heterocycles. The molecule has 1 rings (SSSR count). The molecule has 0 aromatic carbocycles. The Bertz CT molecular complexity index is 427. The van der Waals surface area contributed by atoms with Crippen LogP contribution in [0.15, 0.2) is 6.20 Å². The van der Waals surface area contributed by atoms with Crippen LogP contribution in [0.2, 0.25) is 0 Å². The monoisotopic (exact) mass is 308 g/mol. The fourth-order valence-corrected chi connectivity index (χ4v) is 2.01. The van der Waals surface area contributed by atoms with Gasteiger partial charge in [0.1, 0.15) is 5.82 Å². The number of ether oxygens (including phenoxy) is 1. The van der Waals surface area contributed by atoms with Crippen LogP contribution in [0.1, 0.15) is 23.1 Å². The van der Waals surface area contributed by atoms with Crippen LogP contribution >= 0.6 is 15.9 Å². The molecular formula is C10H11BrF2N2O2. The molecule has 2 N–H and O–H groups in total. The number of alkyl halides is 3. The van der Waals surface area contributed by atoms with Crippen LogP contribution in [-0.2, 0) is 21.3 Å². The van der Waals surface area contributed by atoms with Crippen molar-refractivity contribution in [3.8, 4) is 0 Å². The molecule has 1 heterocycles. The number of pyridine rings is 1. The fraction of sp³-hybridized carbons (Fsp3) is 0.400. The highest BCUT2D eigenvalue weighted by Crippen LogP contribution is 2.29. The summed E-state index contributed by atoms with van der Waals surface area (Å²) in [6.07, 6.45) is -1.96. The minimum Gasteiger partial charge on any atom is -0.469 e. The second-order valence-corrected chi connectivity index (χ2v) is 3.80. The summed E-state index contributed by atoms with van der Waals surface area (Å²) in [5, 5.41) is 0.249. The first kappa shape index (κ1) is 13.8. The predicted molar refractivity (Wildman–Crippen MR) is 62.0 cm³/mol. The third-order valence-corrected chi connectivity index (χ3v) is 2.84. The number of esters is 1. The van der Waals surface area contributed by atoms with Gasteiger partial charge in [-0.25, -0.2) is 13.8 Å². The number of carbonyl (C=O) groups excluding carboxylic acids is 1. The van der Waals surface area contributed by atoms with Gasteiger partial charge in [-0.15, -0.1) is 0 Å². The van der Waals surface area contributed by atoms with Crippen LogP contribution in [0.25, 0.3) is 0 Å². The largest absolute Gasteiger partial charge is 0.469 e. The van der Waals surface area contributed by atoms with Crippen molar-refractivity contribution < 1.29 is 18.3 Å². The SMILES string of the molecule is COC(=O)Cc1c(C(F)F)cnc(N)c1CBr. The van der Waals surface area contributed by atoms with E-state index in [2.05, 4.69) is 25.7 Å². The van der Waals surface area contributed by atoms with E-state index in [9.17, 15) is 13.6 Å². The van der Waals surface area contributed by atoms with Gasteiger partial charge < -0.3 is 10.5 Å². The first-order chi connectivity index (χ1) is 8.01. The van der Waals surface area contributed by atoms with Gasteiger partial charge in [0.2, 0.25) is 0 Å². The summed E-state index contributed by atoms with van der Waals surface area (Å²) in [7, 11) is 1.20.